The van der Waals surface area contributed by atoms with Gasteiger partial charge in [-0.05, 0) is 18.6 Å². The number of para-hydroxylation sites is 1. The minimum atomic E-state index is -0.0455. The Morgan fingerprint density at radius 3 is 2.83 bits per heavy atom. The first-order chi connectivity index (χ1) is 8.84. The van der Waals surface area contributed by atoms with Gasteiger partial charge in [0.25, 0.3) is 0 Å². The number of hydrogen-bond acceptors (Lipinski definition) is 3. The van der Waals surface area contributed by atoms with E-state index >= 15 is 0 Å². The van der Waals surface area contributed by atoms with Gasteiger partial charge in [0.05, 0.1) is 12.8 Å². The average molecular weight is 245 g/mol. The maximum Gasteiger partial charge on any atom is 0.225 e. The van der Waals surface area contributed by atoms with Crippen molar-refractivity contribution in [1.29, 1.82) is 0 Å². The summed E-state index contributed by atoms with van der Waals surface area (Å²) < 4.78 is 5.49. The standard InChI is InChI=1S/C13H15N3O2/c17-13(15-12-8-9-14-16-12)7-4-10-18-11-5-2-1-3-6-11/h1-3,5-6,8-9H,4,7,10H2,(H2,14,15,16,17). The second kappa shape index (κ2) is 6.44. The van der Waals surface area contributed by atoms with Gasteiger partial charge in [-0.3, -0.25) is 9.89 Å². The van der Waals surface area contributed by atoms with Crippen molar-refractivity contribution < 1.29 is 9.53 Å². The molecular formula is C13H15N3O2. The smallest absolute Gasteiger partial charge is 0.225 e. The lowest BCUT2D eigenvalue weighted by Crippen LogP contribution is -2.13. The van der Waals surface area contributed by atoms with E-state index in [1.54, 1.807) is 12.3 Å². The molecule has 1 amide bonds. The molecule has 0 saturated carbocycles. The molecule has 0 aliphatic carbocycles. The number of carbonyl (C=O) groups excluding carboxylic acids is 1. The molecule has 1 aromatic carbocycles. The van der Waals surface area contributed by atoms with Crippen LogP contribution in [-0.2, 0) is 4.79 Å². The van der Waals surface area contributed by atoms with E-state index < -0.39 is 0 Å². The Balaban J connectivity index is 1.62. The van der Waals surface area contributed by atoms with Crippen molar-refractivity contribution in [2.75, 3.05) is 11.9 Å². The molecule has 0 aliphatic rings. The van der Waals surface area contributed by atoms with Crippen molar-refractivity contribution >= 4 is 11.7 Å². The molecule has 0 saturated heterocycles. The highest BCUT2D eigenvalue weighted by atomic mass is 16.5. The van der Waals surface area contributed by atoms with Gasteiger partial charge in [-0.25, -0.2) is 0 Å². The van der Waals surface area contributed by atoms with Crippen LogP contribution in [0.1, 0.15) is 12.8 Å². The van der Waals surface area contributed by atoms with Crippen LogP contribution in [0.15, 0.2) is 42.6 Å². The largest absolute Gasteiger partial charge is 0.494 e. The summed E-state index contributed by atoms with van der Waals surface area (Å²) in [5.74, 6) is 1.39. The van der Waals surface area contributed by atoms with Crippen LogP contribution in [0.2, 0.25) is 0 Å². The minimum absolute atomic E-state index is 0.0455. The highest BCUT2D eigenvalue weighted by Crippen LogP contribution is 2.09. The van der Waals surface area contributed by atoms with Crippen LogP contribution in [0.4, 0.5) is 5.82 Å². The number of anilines is 1. The highest BCUT2D eigenvalue weighted by molar-refractivity contribution is 5.89. The topological polar surface area (TPSA) is 67.0 Å². The first-order valence-electron chi connectivity index (χ1n) is 5.81. The van der Waals surface area contributed by atoms with E-state index in [4.69, 9.17) is 4.74 Å². The summed E-state index contributed by atoms with van der Waals surface area (Å²) in [6, 6.07) is 11.3. The zero-order chi connectivity index (χ0) is 12.6. The van der Waals surface area contributed by atoms with Gasteiger partial charge in [0.15, 0.2) is 0 Å². The summed E-state index contributed by atoms with van der Waals surface area (Å²) in [6.07, 6.45) is 2.69. The van der Waals surface area contributed by atoms with Gasteiger partial charge in [0, 0.05) is 12.5 Å². The van der Waals surface area contributed by atoms with E-state index in [0.717, 1.165) is 5.75 Å². The summed E-state index contributed by atoms with van der Waals surface area (Å²) >= 11 is 0. The molecule has 5 nitrogen and oxygen atoms in total. The number of nitrogens with zero attached hydrogens (tertiary/aromatic N) is 1. The maximum atomic E-state index is 11.5. The predicted molar refractivity (Wildman–Crippen MR) is 68.4 cm³/mol. The van der Waals surface area contributed by atoms with Crippen molar-refractivity contribution in [3.63, 3.8) is 0 Å². The Kier molecular flexibility index (Phi) is 4.35. The Hall–Kier alpha value is -2.30. The number of H-pyrrole nitrogens is 1. The van der Waals surface area contributed by atoms with Crippen LogP contribution in [0.3, 0.4) is 0 Å². The van der Waals surface area contributed by atoms with Crippen molar-refractivity contribution in [2.45, 2.75) is 12.8 Å². The van der Waals surface area contributed by atoms with Gasteiger partial charge in [-0.1, -0.05) is 18.2 Å². The summed E-state index contributed by atoms with van der Waals surface area (Å²) in [5, 5.41) is 9.13. The Labute approximate surface area is 105 Å². The predicted octanol–water partition coefficient (Wildman–Crippen LogP) is 2.21. The molecule has 18 heavy (non-hydrogen) atoms. The van der Waals surface area contributed by atoms with Gasteiger partial charge in [0.2, 0.25) is 5.91 Å². The van der Waals surface area contributed by atoms with Crippen molar-refractivity contribution in [3.05, 3.63) is 42.6 Å². The van der Waals surface area contributed by atoms with Gasteiger partial charge >= 0.3 is 0 Å². The second-order valence-corrected chi connectivity index (χ2v) is 3.78. The third kappa shape index (κ3) is 3.93. The molecule has 0 radical (unpaired) electrons. The fraction of sp³-hybridized carbons (Fsp3) is 0.231. The lowest BCUT2D eigenvalue weighted by Gasteiger charge is -2.05. The molecule has 2 rings (SSSR count). The SMILES string of the molecule is O=C(CCCOc1ccccc1)Nc1ccn[nH]1. The van der Waals surface area contributed by atoms with Crippen LogP contribution in [0, 0.1) is 0 Å². The van der Waals surface area contributed by atoms with Gasteiger partial charge in [-0.2, -0.15) is 5.10 Å². The number of aromatic amines is 1. The van der Waals surface area contributed by atoms with Gasteiger partial charge < -0.3 is 10.1 Å². The summed E-state index contributed by atoms with van der Waals surface area (Å²) in [5.41, 5.74) is 0. The molecular weight excluding hydrogens is 230 g/mol. The second-order valence-electron chi connectivity index (χ2n) is 3.78. The summed E-state index contributed by atoms with van der Waals surface area (Å²) in [6.45, 7) is 0.528. The summed E-state index contributed by atoms with van der Waals surface area (Å²) in [4.78, 5) is 11.5. The Morgan fingerprint density at radius 1 is 1.28 bits per heavy atom. The molecule has 2 N–H and O–H groups in total. The van der Waals surface area contributed by atoms with Crippen LogP contribution in [0.5, 0.6) is 5.75 Å². The molecule has 1 aromatic heterocycles. The van der Waals surface area contributed by atoms with Crippen molar-refractivity contribution in [3.8, 4) is 5.75 Å². The van der Waals surface area contributed by atoms with E-state index in [-0.39, 0.29) is 5.91 Å². The molecule has 0 unspecified atom stereocenters. The molecule has 0 atom stereocenters. The Bertz CT molecular complexity index is 468. The molecule has 94 valence electrons. The average Bonchev–Trinajstić information content (AvgIpc) is 2.89. The van der Waals surface area contributed by atoms with Gasteiger partial charge in [-0.15, -0.1) is 0 Å². The van der Waals surface area contributed by atoms with Crippen LogP contribution >= 0.6 is 0 Å². The molecule has 2 aromatic rings. The maximum absolute atomic E-state index is 11.5. The lowest BCUT2D eigenvalue weighted by atomic mass is 10.3. The zero-order valence-electron chi connectivity index (χ0n) is 9.93. The van der Waals surface area contributed by atoms with E-state index in [2.05, 4.69) is 15.5 Å². The van der Waals surface area contributed by atoms with Crippen LogP contribution < -0.4 is 10.1 Å². The fourth-order valence-electron chi connectivity index (χ4n) is 1.48. The molecule has 0 bridgehead atoms. The van der Waals surface area contributed by atoms with Gasteiger partial charge in [0.1, 0.15) is 11.6 Å². The van der Waals surface area contributed by atoms with Crippen molar-refractivity contribution in [2.24, 2.45) is 0 Å². The highest BCUT2D eigenvalue weighted by Gasteiger charge is 2.02. The number of benzene rings is 1. The summed E-state index contributed by atoms with van der Waals surface area (Å²) in [7, 11) is 0. The van der Waals surface area contributed by atoms with E-state index in [1.807, 2.05) is 30.3 Å². The van der Waals surface area contributed by atoms with Crippen LogP contribution in [0.25, 0.3) is 0 Å². The normalized spacial score (nSPS) is 10.0. The number of rotatable bonds is 6. The Morgan fingerprint density at radius 2 is 2.11 bits per heavy atom. The molecule has 5 heteroatoms. The number of hydrogen-bond donors (Lipinski definition) is 2. The molecule has 0 spiro atoms. The van der Waals surface area contributed by atoms with E-state index in [0.29, 0.717) is 25.3 Å². The first-order valence-corrected chi connectivity index (χ1v) is 5.81. The molecule has 1 heterocycles. The fourth-order valence-corrected chi connectivity index (χ4v) is 1.48. The quantitative estimate of drug-likeness (QED) is 0.767. The molecule has 0 aliphatic heterocycles. The third-order valence-corrected chi connectivity index (χ3v) is 2.33. The molecule has 0 fully saturated rings. The zero-order valence-corrected chi connectivity index (χ0v) is 9.93. The first kappa shape index (κ1) is 12.2. The van der Waals surface area contributed by atoms with E-state index in [9.17, 15) is 4.79 Å². The third-order valence-electron chi connectivity index (χ3n) is 2.33. The number of ether oxygens (including phenoxy) is 1. The number of carbonyl (C=O) groups is 1. The van der Waals surface area contributed by atoms with Crippen molar-refractivity contribution in [1.82, 2.24) is 10.2 Å². The van der Waals surface area contributed by atoms with E-state index in [1.165, 1.54) is 0 Å². The lowest BCUT2D eigenvalue weighted by molar-refractivity contribution is -0.116. The minimum Gasteiger partial charge on any atom is -0.494 e. The number of nitrogens with one attached hydrogen (secondary N) is 2. The number of amides is 1. The number of aromatic nitrogens is 2. The monoisotopic (exact) mass is 245 g/mol. The van der Waals surface area contributed by atoms with Crippen LogP contribution in [-0.4, -0.2) is 22.7 Å².